The lowest BCUT2D eigenvalue weighted by Crippen LogP contribution is -2.07. The van der Waals surface area contributed by atoms with Crippen LogP contribution in [0.3, 0.4) is 0 Å². The van der Waals surface area contributed by atoms with Crippen LogP contribution in [0.15, 0.2) is 24.5 Å². The molecule has 0 aliphatic rings. The number of halogens is 3. The highest BCUT2D eigenvalue weighted by Gasteiger charge is 2.25. The van der Waals surface area contributed by atoms with Crippen LogP contribution in [0.2, 0.25) is 0 Å². The molecule has 13 heavy (non-hydrogen) atoms. The summed E-state index contributed by atoms with van der Waals surface area (Å²) in [7, 11) is 0. The van der Waals surface area contributed by atoms with Crippen LogP contribution >= 0.6 is 0 Å². The van der Waals surface area contributed by atoms with Crippen LogP contribution in [0.5, 0.6) is 0 Å². The second-order valence-electron chi connectivity index (χ2n) is 2.47. The quantitative estimate of drug-likeness (QED) is 0.715. The Bertz CT molecular complexity index is 302. The Hall–Kier alpha value is -1.06. The first-order chi connectivity index (χ1) is 6.91. The molecule has 0 aliphatic carbocycles. The van der Waals surface area contributed by atoms with Gasteiger partial charge in [0, 0.05) is 21.5 Å². The first-order valence-electron chi connectivity index (χ1n) is 4.88. The van der Waals surface area contributed by atoms with Crippen molar-refractivity contribution < 1.29 is 15.9 Å². The number of pyridine rings is 1. The van der Waals surface area contributed by atoms with Gasteiger partial charge in [0.1, 0.15) is 0 Å². The van der Waals surface area contributed by atoms with Gasteiger partial charge in [-0.3, -0.25) is 4.98 Å². The van der Waals surface area contributed by atoms with Gasteiger partial charge in [-0.05, 0) is 24.4 Å². The number of nitrogens with zero attached hydrogens (tertiary/aromatic N) is 1. The van der Waals surface area contributed by atoms with Crippen molar-refractivity contribution >= 4 is 0 Å². The van der Waals surface area contributed by atoms with Crippen molar-refractivity contribution in [2.45, 2.75) is 25.4 Å². The Labute approximate surface area is 77.4 Å². The Morgan fingerprint density at radius 2 is 2.23 bits per heavy atom. The van der Waals surface area contributed by atoms with Gasteiger partial charge in [-0.1, -0.05) is 6.07 Å². The third kappa shape index (κ3) is 4.50. The molecule has 0 fully saturated rings. The molecule has 72 valence electrons. The van der Waals surface area contributed by atoms with Crippen molar-refractivity contribution in [2.75, 3.05) is 0 Å². The van der Waals surface area contributed by atoms with Gasteiger partial charge in [0.15, 0.2) is 0 Å². The SMILES string of the molecule is [2H]C(CC([2H])C(F)(F)F)c1cccnc1. The lowest BCUT2D eigenvalue weighted by molar-refractivity contribution is -0.135. The van der Waals surface area contributed by atoms with Gasteiger partial charge >= 0.3 is 6.18 Å². The zero-order valence-corrected chi connectivity index (χ0v) is 6.75. The summed E-state index contributed by atoms with van der Waals surface area (Å²) < 4.78 is 50.4. The fourth-order valence-electron chi connectivity index (χ4n) is 0.825. The summed E-state index contributed by atoms with van der Waals surface area (Å²) in [6.45, 7) is 0. The zero-order valence-electron chi connectivity index (χ0n) is 8.75. The molecule has 0 saturated heterocycles. The maximum atomic E-state index is 12.0. The van der Waals surface area contributed by atoms with Crippen molar-refractivity contribution in [2.24, 2.45) is 0 Å². The highest BCUT2D eigenvalue weighted by atomic mass is 19.4. The standard InChI is InChI=1S/C9H10F3N/c10-9(11,12)5-1-3-8-4-2-6-13-7-8/h2,4,6-7H,1,3,5H2/i3D,5D. The topological polar surface area (TPSA) is 12.9 Å². The Kier molecular flexibility index (Phi) is 2.41. The summed E-state index contributed by atoms with van der Waals surface area (Å²) in [5.74, 6) is 0. The van der Waals surface area contributed by atoms with Crippen LogP contribution in [-0.2, 0) is 6.40 Å². The third-order valence-corrected chi connectivity index (χ3v) is 1.39. The van der Waals surface area contributed by atoms with Crippen molar-refractivity contribution in [3.8, 4) is 0 Å². The van der Waals surface area contributed by atoms with Crippen LogP contribution in [0.25, 0.3) is 0 Å². The van der Waals surface area contributed by atoms with Gasteiger partial charge in [0.25, 0.3) is 0 Å². The van der Waals surface area contributed by atoms with E-state index in [9.17, 15) is 13.2 Å². The molecule has 4 heteroatoms. The minimum absolute atomic E-state index is 0.402. The number of rotatable bonds is 3. The minimum atomic E-state index is -4.55. The average molecular weight is 191 g/mol. The van der Waals surface area contributed by atoms with Gasteiger partial charge in [0.2, 0.25) is 0 Å². The van der Waals surface area contributed by atoms with E-state index in [1.165, 1.54) is 18.5 Å². The van der Waals surface area contributed by atoms with E-state index in [-0.39, 0.29) is 0 Å². The number of hydrogen-bond acceptors (Lipinski definition) is 1. The first kappa shape index (κ1) is 7.35. The average Bonchev–Trinajstić information content (AvgIpc) is 2.17. The second-order valence-corrected chi connectivity index (χ2v) is 2.47. The molecule has 0 saturated carbocycles. The smallest absolute Gasteiger partial charge is 0.264 e. The molecule has 0 spiro atoms. The van der Waals surface area contributed by atoms with E-state index in [4.69, 9.17) is 2.74 Å². The summed E-state index contributed by atoms with van der Waals surface area (Å²) in [6.07, 6.45) is -5.54. The molecule has 0 radical (unpaired) electrons. The van der Waals surface area contributed by atoms with E-state index in [1.807, 2.05) is 0 Å². The molecule has 2 atom stereocenters. The fraction of sp³-hybridized carbons (Fsp3) is 0.444. The highest BCUT2D eigenvalue weighted by molar-refractivity contribution is 5.08. The summed E-state index contributed by atoms with van der Waals surface area (Å²) in [6, 6.07) is 3.09. The summed E-state index contributed by atoms with van der Waals surface area (Å²) >= 11 is 0. The summed E-state index contributed by atoms with van der Waals surface area (Å²) in [5, 5.41) is 0. The molecular weight excluding hydrogens is 179 g/mol. The maximum Gasteiger partial charge on any atom is 0.389 e. The van der Waals surface area contributed by atoms with Crippen molar-refractivity contribution in [3.05, 3.63) is 30.1 Å². The van der Waals surface area contributed by atoms with Crippen LogP contribution in [0, 0.1) is 0 Å². The monoisotopic (exact) mass is 191 g/mol. The predicted octanol–water partition coefficient (Wildman–Crippen LogP) is 2.97. The molecule has 1 heterocycles. The largest absolute Gasteiger partial charge is 0.389 e. The molecule has 0 aliphatic heterocycles. The van der Waals surface area contributed by atoms with Crippen LogP contribution in [0.4, 0.5) is 13.2 Å². The van der Waals surface area contributed by atoms with Crippen LogP contribution < -0.4 is 0 Å². The Morgan fingerprint density at radius 3 is 2.77 bits per heavy atom. The van der Waals surface area contributed by atoms with Crippen molar-refractivity contribution in [1.29, 1.82) is 0 Å². The number of aromatic nitrogens is 1. The van der Waals surface area contributed by atoms with Gasteiger partial charge in [0.05, 0.1) is 0 Å². The van der Waals surface area contributed by atoms with E-state index < -0.39 is 25.4 Å². The van der Waals surface area contributed by atoms with Crippen molar-refractivity contribution in [3.63, 3.8) is 0 Å². The molecule has 1 rings (SSSR count). The maximum absolute atomic E-state index is 12.0. The van der Waals surface area contributed by atoms with Gasteiger partial charge in [-0.25, -0.2) is 0 Å². The van der Waals surface area contributed by atoms with Gasteiger partial charge in [-0.15, -0.1) is 0 Å². The lowest BCUT2D eigenvalue weighted by Gasteiger charge is -2.04. The molecule has 1 aromatic rings. The zero-order chi connectivity index (χ0) is 11.5. The van der Waals surface area contributed by atoms with Gasteiger partial charge < -0.3 is 0 Å². The first-order valence-corrected chi connectivity index (χ1v) is 3.72. The molecule has 1 aromatic heterocycles. The predicted molar refractivity (Wildman–Crippen MR) is 43.2 cm³/mol. The van der Waals surface area contributed by atoms with Crippen LogP contribution in [0.1, 0.15) is 21.1 Å². The van der Waals surface area contributed by atoms with E-state index in [0.29, 0.717) is 5.56 Å². The molecule has 0 amide bonds. The molecule has 0 N–H and O–H groups in total. The number of alkyl halides is 3. The molecular formula is C9H10F3N. The number of aryl methyl sites for hydroxylation is 1. The Morgan fingerprint density at radius 1 is 1.46 bits per heavy atom. The molecule has 0 bridgehead atoms. The third-order valence-electron chi connectivity index (χ3n) is 1.39. The molecule has 0 aromatic carbocycles. The van der Waals surface area contributed by atoms with Crippen LogP contribution in [-0.4, -0.2) is 11.2 Å². The summed E-state index contributed by atoms with van der Waals surface area (Å²) in [5.41, 5.74) is 0.402. The van der Waals surface area contributed by atoms with Crippen molar-refractivity contribution in [1.82, 2.24) is 4.98 Å². The lowest BCUT2D eigenvalue weighted by atomic mass is 10.1. The summed E-state index contributed by atoms with van der Waals surface area (Å²) in [4.78, 5) is 3.71. The van der Waals surface area contributed by atoms with Gasteiger partial charge in [-0.2, -0.15) is 13.2 Å². The molecule has 2 unspecified atom stereocenters. The normalized spacial score (nSPS) is 18.7. The van der Waals surface area contributed by atoms with E-state index in [1.54, 1.807) is 6.07 Å². The van der Waals surface area contributed by atoms with E-state index in [2.05, 4.69) is 4.98 Å². The fourth-order valence-corrected chi connectivity index (χ4v) is 0.825. The van der Waals surface area contributed by atoms with E-state index in [0.717, 1.165) is 0 Å². The second kappa shape index (κ2) is 4.25. The Balaban J connectivity index is 2.61. The van der Waals surface area contributed by atoms with E-state index >= 15 is 0 Å². The minimum Gasteiger partial charge on any atom is -0.264 e. The highest BCUT2D eigenvalue weighted by Crippen LogP contribution is 2.22. The molecule has 1 nitrogen and oxygen atoms in total. The number of hydrogen-bond donors (Lipinski definition) is 0.